The highest BCUT2D eigenvalue weighted by atomic mass is 32.2. The van der Waals surface area contributed by atoms with E-state index in [4.69, 9.17) is 0 Å². The zero-order valence-corrected chi connectivity index (χ0v) is 16.9. The Morgan fingerprint density at radius 2 is 1.76 bits per heavy atom. The monoisotopic (exact) mass is 417 g/mol. The summed E-state index contributed by atoms with van der Waals surface area (Å²) in [4.78, 5) is 22.9. The van der Waals surface area contributed by atoms with E-state index in [1.54, 1.807) is 37.3 Å². The molecule has 0 bridgehead atoms. The number of nitro groups is 1. The highest BCUT2D eigenvalue weighted by Gasteiger charge is 2.24. The molecule has 1 fully saturated rings. The number of hydrogen-bond donors (Lipinski definition) is 1. The van der Waals surface area contributed by atoms with Crippen LogP contribution in [0.25, 0.3) is 0 Å². The lowest BCUT2D eigenvalue weighted by Crippen LogP contribution is -2.36. The second-order valence-corrected chi connectivity index (χ2v) is 9.09. The fraction of sp³-hybridized carbons (Fsp3) is 0.350. The molecular weight excluding hydrogens is 394 g/mol. The first-order valence-corrected chi connectivity index (χ1v) is 11.0. The summed E-state index contributed by atoms with van der Waals surface area (Å²) in [5.41, 5.74) is 1.91. The van der Waals surface area contributed by atoms with Crippen molar-refractivity contribution in [2.24, 2.45) is 0 Å². The molecule has 0 atom stereocenters. The maximum Gasteiger partial charge on any atom is 0.271 e. The predicted octanol–water partition coefficient (Wildman–Crippen LogP) is 3.47. The SMILES string of the molecule is Cc1ccc([N+](=O)[O-])cc1NC(=O)c1ccc(CS(=O)(=O)N2CCCCC2)cc1. The number of rotatable bonds is 6. The zero-order valence-electron chi connectivity index (χ0n) is 16.1. The fourth-order valence-electron chi connectivity index (χ4n) is 3.25. The van der Waals surface area contributed by atoms with E-state index in [1.807, 2.05) is 0 Å². The van der Waals surface area contributed by atoms with Crippen LogP contribution in [0.15, 0.2) is 42.5 Å². The van der Waals surface area contributed by atoms with Crippen LogP contribution in [0.5, 0.6) is 0 Å². The lowest BCUT2D eigenvalue weighted by molar-refractivity contribution is -0.384. The van der Waals surface area contributed by atoms with Crippen molar-refractivity contribution in [3.63, 3.8) is 0 Å². The summed E-state index contributed by atoms with van der Waals surface area (Å²) in [6, 6.07) is 10.6. The summed E-state index contributed by atoms with van der Waals surface area (Å²) in [6.07, 6.45) is 2.82. The van der Waals surface area contributed by atoms with Crippen molar-refractivity contribution in [3.8, 4) is 0 Å². The van der Waals surface area contributed by atoms with Crippen LogP contribution in [0, 0.1) is 17.0 Å². The van der Waals surface area contributed by atoms with Crippen molar-refractivity contribution in [3.05, 3.63) is 69.3 Å². The fourth-order valence-corrected chi connectivity index (χ4v) is 4.86. The molecule has 9 heteroatoms. The van der Waals surface area contributed by atoms with Gasteiger partial charge in [0.05, 0.1) is 16.4 Å². The standard InChI is InChI=1S/C20H23N3O5S/c1-15-5-10-18(23(25)26)13-19(15)21-20(24)17-8-6-16(7-9-17)14-29(27,28)22-11-3-2-4-12-22/h5-10,13H,2-4,11-12,14H2,1H3,(H,21,24). The van der Waals surface area contributed by atoms with Gasteiger partial charge in [-0.1, -0.05) is 24.6 Å². The molecule has 1 aliphatic rings. The van der Waals surface area contributed by atoms with Gasteiger partial charge >= 0.3 is 0 Å². The van der Waals surface area contributed by atoms with Gasteiger partial charge in [0.1, 0.15) is 0 Å². The first kappa shape index (κ1) is 20.9. The van der Waals surface area contributed by atoms with Crippen molar-refractivity contribution in [2.75, 3.05) is 18.4 Å². The van der Waals surface area contributed by atoms with Crippen LogP contribution in [0.4, 0.5) is 11.4 Å². The van der Waals surface area contributed by atoms with Crippen molar-refractivity contribution in [1.29, 1.82) is 0 Å². The first-order valence-electron chi connectivity index (χ1n) is 9.39. The largest absolute Gasteiger partial charge is 0.321 e. The minimum absolute atomic E-state index is 0.0983. The molecule has 154 valence electrons. The van der Waals surface area contributed by atoms with Crippen LogP contribution in [0.2, 0.25) is 0 Å². The molecular formula is C20H23N3O5S. The van der Waals surface area contributed by atoms with E-state index in [2.05, 4.69) is 5.32 Å². The van der Waals surface area contributed by atoms with Crippen LogP contribution in [0.3, 0.4) is 0 Å². The lowest BCUT2D eigenvalue weighted by Gasteiger charge is -2.25. The number of carbonyl (C=O) groups excluding carboxylic acids is 1. The van der Waals surface area contributed by atoms with E-state index in [9.17, 15) is 23.3 Å². The third kappa shape index (κ3) is 5.18. The summed E-state index contributed by atoms with van der Waals surface area (Å²) in [6.45, 7) is 2.87. The summed E-state index contributed by atoms with van der Waals surface area (Å²) in [7, 11) is -3.37. The smallest absolute Gasteiger partial charge is 0.271 e. The van der Waals surface area contributed by atoms with E-state index in [1.165, 1.54) is 16.4 Å². The number of piperidine rings is 1. The molecule has 0 unspecified atom stereocenters. The maximum absolute atomic E-state index is 12.5. The third-order valence-electron chi connectivity index (χ3n) is 4.95. The molecule has 1 aliphatic heterocycles. The number of sulfonamides is 1. The normalized spacial score (nSPS) is 15.1. The summed E-state index contributed by atoms with van der Waals surface area (Å²) in [5, 5.41) is 13.6. The van der Waals surface area contributed by atoms with Crippen LogP contribution in [-0.2, 0) is 15.8 Å². The summed E-state index contributed by atoms with van der Waals surface area (Å²) >= 11 is 0. The van der Waals surface area contributed by atoms with Gasteiger partial charge in [0, 0.05) is 30.8 Å². The number of nitro benzene ring substituents is 1. The molecule has 29 heavy (non-hydrogen) atoms. The van der Waals surface area contributed by atoms with Gasteiger partial charge in [-0.25, -0.2) is 12.7 Å². The minimum Gasteiger partial charge on any atom is -0.321 e. The van der Waals surface area contributed by atoms with Gasteiger partial charge in [0.15, 0.2) is 0 Å². The Morgan fingerprint density at radius 3 is 2.38 bits per heavy atom. The predicted molar refractivity (Wildman–Crippen MR) is 110 cm³/mol. The zero-order chi connectivity index (χ0) is 21.0. The molecule has 2 aromatic rings. The third-order valence-corrected chi connectivity index (χ3v) is 6.80. The number of nitrogens with one attached hydrogen (secondary N) is 1. The van der Waals surface area contributed by atoms with E-state index in [0.717, 1.165) is 19.3 Å². The Labute approximate surface area is 169 Å². The maximum atomic E-state index is 12.5. The van der Waals surface area contributed by atoms with Crippen LogP contribution < -0.4 is 5.32 Å². The van der Waals surface area contributed by atoms with Crippen molar-refractivity contribution in [1.82, 2.24) is 4.31 Å². The van der Waals surface area contributed by atoms with Crippen molar-refractivity contribution < 1.29 is 18.1 Å². The summed E-state index contributed by atoms with van der Waals surface area (Å²) in [5.74, 6) is -0.516. The van der Waals surface area contributed by atoms with Gasteiger partial charge in [0.2, 0.25) is 10.0 Å². The second-order valence-electron chi connectivity index (χ2n) is 7.12. The van der Waals surface area contributed by atoms with Gasteiger partial charge in [-0.2, -0.15) is 0 Å². The number of nitrogens with zero attached hydrogens (tertiary/aromatic N) is 2. The Kier molecular flexibility index (Phi) is 6.29. The van der Waals surface area contributed by atoms with Gasteiger partial charge in [0.25, 0.3) is 11.6 Å². The average Bonchev–Trinajstić information content (AvgIpc) is 2.70. The summed E-state index contributed by atoms with van der Waals surface area (Å²) < 4.78 is 26.6. The Morgan fingerprint density at radius 1 is 1.10 bits per heavy atom. The molecule has 0 saturated carbocycles. The number of carbonyl (C=O) groups is 1. The van der Waals surface area contributed by atoms with E-state index in [-0.39, 0.29) is 11.4 Å². The average molecular weight is 417 g/mol. The van der Waals surface area contributed by atoms with Gasteiger partial charge in [-0.3, -0.25) is 14.9 Å². The van der Waals surface area contributed by atoms with Crippen molar-refractivity contribution >= 4 is 27.3 Å². The van der Waals surface area contributed by atoms with Crippen molar-refractivity contribution in [2.45, 2.75) is 31.9 Å². The Balaban J connectivity index is 1.69. The number of hydrogen-bond acceptors (Lipinski definition) is 5. The molecule has 0 radical (unpaired) electrons. The topological polar surface area (TPSA) is 110 Å². The highest BCUT2D eigenvalue weighted by molar-refractivity contribution is 7.88. The van der Waals surface area contributed by atoms with Gasteiger partial charge in [-0.15, -0.1) is 0 Å². The number of benzene rings is 2. The van der Waals surface area contributed by atoms with E-state index in [0.29, 0.717) is 35.5 Å². The lowest BCUT2D eigenvalue weighted by atomic mass is 10.1. The second kappa shape index (κ2) is 8.71. The molecule has 0 aromatic heterocycles. The number of non-ortho nitro benzene ring substituents is 1. The molecule has 0 aliphatic carbocycles. The minimum atomic E-state index is -3.37. The highest BCUT2D eigenvalue weighted by Crippen LogP contribution is 2.23. The Bertz CT molecular complexity index is 1010. The molecule has 1 amide bonds. The molecule has 8 nitrogen and oxygen atoms in total. The molecule has 2 aromatic carbocycles. The van der Waals surface area contributed by atoms with Gasteiger partial charge in [-0.05, 0) is 43.0 Å². The van der Waals surface area contributed by atoms with Crippen LogP contribution >= 0.6 is 0 Å². The first-order chi connectivity index (χ1) is 13.8. The van der Waals surface area contributed by atoms with Crippen LogP contribution in [0.1, 0.15) is 40.7 Å². The molecule has 1 saturated heterocycles. The van der Waals surface area contributed by atoms with Gasteiger partial charge < -0.3 is 5.32 Å². The Hall–Kier alpha value is -2.78. The molecule has 3 rings (SSSR count). The molecule has 1 heterocycles. The van der Waals surface area contributed by atoms with Crippen LogP contribution in [-0.4, -0.2) is 36.6 Å². The number of aryl methyl sites for hydroxylation is 1. The number of anilines is 1. The van der Waals surface area contributed by atoms with E-state index >= 15 is 0 Å². The molecule has 0 spiro atoms. The number of amides is 1. The van der Waals surface area contributed by atoms with E-state index < -0.39 is 20.9 Å². The quantitative estimate of drug-likeness (QED) is 0.572. The molecule has 1 N–H and O–H groups in total.